The fourth-order valence-electron chi connectivity index (χ4n) is 0.625. The highest BCUT2D eigenvalue weighted by molar-refractivity contribution is 5.85. The van der Waals surface area contributed by atoms with Crippen LogP contribution in [0.2, 0.25) is 0 Å². The Balaban J connectivity index is 0.00000121. The van der Waals surface area contributed by atoms with Crippen LogP contribution in [0.15, 0.2) is 4.52 Å². The minimum Gasteiger partial charge on any atom is -0.374 e. The van der Waals surface area contributed by atoms with Crippen LogP contribution in [-0.4, -0.2) is 16.7 Å². The van der Waals surface area contributed by atoms with Crippen LogP contribution in [0.3, 0.4) is 0 Å². The van der Waals surface area contributed by atoms with Gasteiger partial charge < -0.3 is 15.0 Å². The van der Waals surface area contributed by atoms with Gasteiger partial charge in [0.15, 0.2) is 5.82 Å². The van der Waals surface area contributed by atoms with Gasteiger partial charge in [-0.1, -0.05) is 5.16 Å². The Kier molecular flexibility index (Phi) is 5.61. The van der Waals surface area contributed by atoms with E-state index in [0.29, 0.717) is 24.9 Å². The molecule has 0 aliphatic rings. The van der Waals surface area contributed by atoms with E-state index < -0.39 is 0 Å². The van der Waals surface area contributed by atoms with Gasteiger partial charge in [0.1, 0.15) is 6.61 Å². The average Bonchev–Trinajstić information content (AvgIpc) is 2.48. The molecule has 0 atom stereocenters. The average molecular weight is 194 g/mol. The zero-order chi connectivity index (χ0) is 8.10. The molecule has 0 saturated heterocycles. The van der Waals surface area contributed by atoms with Crippen molar-refractivity contribution >= 4 is 12.4 Å². The SMILES string of the molecule is CCOCc1noc(CN)n1.Cl. The van der Waals surface area contributed by atoms with Crippen LogP contribution in [0.1, 0.15) is 18.6 Å². The van der Waals surface area contributed by atoms with Crippen molar-refractivity contribution in [3.8, 4) is 0 Å². The molecule has 0 saturated carbocycles. The molecule has 1 heterocycles. The van der Waals surface area contributed by atoms with Crippen LogP contribution >= 0.6 is 12.4 Å². The van der Waals surface area contributed by atoms with E-state index in [1.54, 1.807) is 0 Å². The van der Waals surface area contributed by atoms with E-state index >= 15 is 0 Å². The molecule has 0 aliphatic carbocycles. The third-order valence-corrected chi connectivity index (χ3v) is 1.12. The van der Waals surface area contributed by atoms with Crippen LogP contribution in [-0.2, 0) is 17.9 Å². The zero-order valence-electron chi connectivity index (χ0n) is 6.82. The summed E-state index contributed by atoms with van der Waals surface area (Å²) >= 11 is 0. The molecule has 1 aromatic rings. The van der Waals surface area contributed by atoms with E-state index in [4.69, 9.17) is 15.0 Å². The summed E-state index contributed by atoms with van der Waals surface area (Å²) in [7, 11) is 0. The Morgan fingerprint density at radius 2 is 2.33 bits per heavy atom. The first kappa shape index (κ1) is 11.4. The van der Waals surface area contributed by atoms with E-state index in [0.717, 1.165) is 0 Å². The maximum atomic E-state index is 5.25. The summed E-state index contributed by atoms with van der Waals surface area (Å²) in [5.74, 6) is 0.993. The Bertz CT molecular complexity index is 216. The van der Waals surface area contributed by atoms with Gasteiger partial charge in [-0.05, 0) is 6.92 Å². The quantitative estimate of drug-likeness (QED) is 0.753. The van der Waals surface area contributed by atoms with Crippen molar-refractivity contribution in [1.29, 1.82) is 0 Å². The first-order valence-electron chi connectivity index (χ1n) is 3.46. The lowest BCUT2D eigenvalue weighted by Crippen LogP contribution is -1.97. The smallest absolute Gasteiger partial charge is 0.240 e. The Morgan fingerprint density at radius 1 is 1.58 bits per heavy atom. The standard InChI is InChI=1S/C6H11N3O2.ClH/c1-2-10-4-5-8-6(3-7)11-9-5;/h2-4,7H2,1H3;1H. The van der Waals surface area contributed by atoms with Gasteiger partial charge in [-0.15, -0.1) is 12.4 Å². The molecular weight excluding hydrogens is 182 g/mol. The summed E-state index contributed by atoms with van der Waals surface area (Å²) in [6, 6.07) is 0. The van der Waals surface area contributed by atoms with Gasteiger partial charge >= 0.3 is 0 Å². The Hall–Kier alpha value is -0.650. The number of hydrogen-bond donors (Lipinski definition) is 1. The summed E-state index contributed by atoms with van der Waals surface area (Å²) in [5.41, 5.74) is 5.25. The van der Waals surface area contributed by atoms with Gasteiger partial charge in [0.2, 0.25) is 5.89 Å². The molecule has 0 fully saturated rings. The van der Waals surface area contributed by atoms with E-state index in [1.807, 2.05) is 6.92 Å². The largest absolute Gasteiger partial charge is 0.374 e. The van der Waals surface area contributed by atoms with Gasteiger partial charge in [-0.2, -0.15) is 4.98 Å². The van der Waals surface area contributed by atoms with Crippen molar-refractivity contribution in [2.45, 2.75) is 20.1 Å². The number of ether oxygens (including phenoxy) is 1. The molecule has 0 aliphatic heterocycles. The molecule has 6 heteroatoms. The summed E-state index contributed by atoms with van der Waals surface area (Å²) < 4.78 is 9.80. The highest BCUT2D eigenvalue weighted by atomic mass is 35.5. The van der Waals surface area contributed by atoms with Gasteiger partial charge in [0.05, 0.1) is 6.54 Å². The van der Waals surface area contributed by atoms with Crippen LogP contribution in [0.4, 0.5) is 0 Å². The van der Waals surface area contributed by atoms with Crippen LogP contribution < -0.4 is 5.73 Å². The molecule has 0 spiro atoms. The summed E-state index contributed by atoms with van der Waals surface area (Å²) in [5, 5.41) is 3.63. The second kappa shape index (κ2) is 5.93. The number of hydrogen-bond acceptors (Lipinski definition) is 5. The summed E-state index contributed by atoms with van der Waals surface area (Å²) in [6.07, 6.45) is 0. The fourth-order valence-corrected chi connectivity index (χ4v) is 0.625. The lowest BCUT2D eigenvalue weighted by molar-refractivity contribution is 0.126. The van der Waals surface area contributed by atoms with E-state index in [1.165, 1.54) is 0 Å². The molecular formula is C6H12ClN3O2. The maximum absolute atomic E-state index is 5.25. The number of halogens is 1. The molecule has 0 bridgehead atoms. The first-order chi connectivity index (χ1) is 5.36. The fraction of sp³-hybridized carbons (Fsp3) is 0.667. The molecule has 0 radical (unpaired) electrons. The molecule has 0 amide bonds. The lowest BCUT2D eigenvalue weighted by Gasteiger charge is -1.91. The number of aromatic nitrogens is 2. The number of nitrogens with zero attached hydrogens (tertiary/aromatic N) is 2. The normalized spacial score (nSPS) is 9.50. The molecule has 1 rings (SSSR count). The topological polar surface area (TPSA) is 74.2 Å². The van der Waals surface area contributed by atoms with Gasteiger partial charge in [0, 0.05) is 6.61 Å². The van der Waals surface area contributed by atoms with Gasteiger partial charge in [-0.25, -0.2) is 0 Å². The molecule has 0 aromatic carbocycles. The molecule has 12 heavy (non-hydrogen) atoms. The second-order valence-electron chi connectivity index (χ2n) is 1.95. The van der Waals surface area contributed by atoms with Crippen LogP contribution in [0.25, 0.3) is 0 Å². The molecule has 70 valence electrons. The van der Waals surface area contributed by atoms with Crippen LogP contribution in [0.5, 0.6) is 0 Å². The van der Waals surface area contributed by atoms with Crippen molar-refractivity contribution < 1.29 is 9.26 Å². The van der Waals surface area contributed by atoms with E-state index in [2.05, 4.69) is 10.1 Å². The van der Waals surface area contributed by atoms with Crippen molar-refractivity contribution in [2.75, 3.05) is 6.61 Å². The third kappa shape index (κ3) is 3.17. The van der Waals surface area contributed by atoms with Crippen LogP contribution in [0, 0.1) is 0 Å². The molecule has 0 unspecified atom stereocenters. The first-order valence-corrected chi connectivity index (χ1v) is 3.46. The monoisotopic (exact) mass is 193 g/mol. The summed E-state index contributed by atoms with van der Waals surface area (Å²) in [6.45, 7) is 3.22. The summed E-state index contributed by atoms with van der Waals surface area (Å²) in [4.78, 5) is 3.94. The maximum Gasteiger partial charge on any atom is 0.240 e. The predicted octanol–water partition coefficient (Wildman–Crippen LogP) is 0.487. The van der Waals surface area contributed by atoms with Gasteiger partial charge in [-0.3, -0.25) is 0 Å². The third-order valence-electron chi connectivity index (χ3n) is 1.12. The highest BCUT2D eigenvalue weighted by Gasteiger charge is 2.02. The Morgan fingerprint density at radius 3 is 2.83 bits per heavy atom. The molecule has 2 N–H and O–H groups in total. The van der Waals surface area contributed by atoms with Crippen molar-refractivity contribution in [2.24, 2.45) is 5.73 Å². The lowest BCUT2D eigenvalue weighted by atomic mass is 10.6. The molecule has 1 aromatic heterocycles. The Labute approximate surface area is 76.7 Å². The van der Waals surface area contributed by atoms with Crippen molar-refractivity contribution in [3.05, 3.63) is 11.7 Å². The predicted molar refractivity (Wildman–Crippen MR) is 44.8 cm³/mol. The number of nitrogens with two attached hydrogens (primary N) is 1. The van der Waals surface area contributed by atoms with Crippen molar-refractivity contribution in [3.63, 3.8) is 0 Å². The minimum atomic E-state index is 0. The second-order valence-corrected chi connectivity index (χ2v) is 1.95. The van der Waals surface area contributed by atoms with E-state index in [9.17, 15) is 0 Å². The minimum absolute atomic E-state index is 0. The highest BCUT2D eigenvalue weighted by Crippen LogP contribution is 1.96. The van der Waals surface area contributed by atoms with Gasteiger partial charge in [0.25, 0.3) is 0 Å². The van der Waals surface area contributed by atoms with E-state index in [-0.39, 0.29) is 19.0 Å². The van der Waals surface area contributed by atoms with Crippen molar-refractivity contribution in [1.82, 2.24) is 10.1 Å². The molecule has 5 nitrogen and oxygen atoms in total. The number of rotatable bonds is 4. The zero-order valence-corrected chi connectivity index (χ0v) is 7.63.